The molecule has 2 atom stereocenters. The van der Waals surface area contributed by atoms with Crippen LogP contribution < -0.4 is 5.73 Å². The van der Waals surface area contributed by atoms with Gasteiger partial charge >= 0.3 is 0 Å². The number of rotatable bonds is 3. The van der Waals surface area contributed by atoms with E-state index in [4.69, 9.17) is 5.73 Å². The summed E-state index contributed by atoms with van der Waals surface area (Å²) in [7, 11) is 0. The monoisotopic (exact) mass is 347 g/mol. The molecule has 3 rings (SSSR count). The standard InChI is InChI=1S/C18H22FN3OS/c1-11-4-3-9-22(15(11)10-20)18(23)16-17(24-12(2)21-16)13-5-7-14(19)8-6-13/h5-8,11,15H,3-4,9-10,20H2,1-2H3/t11-,15+/m0/s1. The van der Waals surface area contributed by atoms with Gasteiger partial charge in [0.2, 0.25) is 0 Å². The van der Waals surface area contributed by atoms with Crippen molar-refractivity contribution in [1.29, 1.82) is 0 Å². The Balaban J connectivity index is 1.97. The van der Waals surface area contributed by atoms with Gasteiger partial charge in [-0.3, -0.25) is 4.79 Å². The largest absolute Gasteiger partial charge is 0.333 e. The third kappa shape index (κ3) is 3.21. The zero-order valence-corrected chi connectivity index (χ0v) is 14.8. The molecule has 0 aliphatic carbocycles. The Labute approximate surface area is 145 Å². The van der Waals surface area contributed by atoms with Crippen molar-refractivity contribution >= 4 is 17.2 Å². The van der Waals surface area contributed by atoms with Gasteiger partial charge < -0.3 is 10.6 Å². The first-order chi connectivity index (χ1) is 11.5. The van der Waals surface area contributed by atoms with Gasteiger partial charge in [-0.2, -0.15) is 0 Å². The lowest BCUT2D eigenvalue weighted by Gasteiger charge is -2.39. The average Bonchev–Trinajstić information content (AvgIpc) is 2.96. The molecule has 1 aromatic carbocycles. The van der Waals surface area contributed by atoms with Crippen LogP contribution in [0.2, 0.25) is 0 Å². The average molecular weight is 347 g/mol. The Morgan fingerprint density at radius 1 is 1.42 bits per heavy atom. The summed E-state index contributed by atoms with van der Waals surface area (Å²) in [6.07, 6.45) is 2.07. The molecule has 0 saturated carbocycles. The quantitative estimate of drug-likeness (QED) is 0.925. The van der Waals surface area contributed by atoms with E-state index in [2.05, 4.69) is 11.9 Å². The van der Waals surface area contributed by atoms with Crippen LogP contribution in [0.15, 0.2) is 24.3 Å². The lowest BCUT2D eigenvalue weighted by molar-refractivity contribution is 0.0528. The van der Waals surface area contributed by atoms with Gasteiger partial charge in [0.05, 0.1) is 9.88 Å². The molecule has 1 amide bonds. The van der Waals surface area contributed by atoms with Crippen molar-refractivity contribution in [3.05, 3.63) is 40.8 Å². The zero-order chi connectivity index (χ0) is 17.3. The fourth-order valence-electron chi connectivity index (χ4n) is 3.37. The first kappa shape index (κ1) is 17.0. The van der Waals surface area contributed by atoms with Gasteiger partial charge in [-0.05, 0) is 43.4 Å². The maximum Gasteiger partial charge on any atom is 0.274 e. The normalized spacial score (nSPS) is 21.1. The number of hydrogen-bond donors (Lipinski definition) is 1. The highest BCUT2D eigenvalue weighted by Crippen LogP contribution is 2.33. The molecule has 0 spiro atoms. The summed E-state index contributed by atoms with van der Waals surface area (Å²) >= 11 is 1.46. The summed E-state index contributed by atoms with van der Waals surface area (Å²) in [4.78, 5) is 20.3. The summed E-state index contributed by atoms with van der Waals surface area (Å²) in [5, 5.41) is 0.826. The number of benzene rings is 1. The van der Waals surface area contributed by atoms with Crippen LogP contribution in [0.4, 0.5) is 4.39 Å². The number of carbonyl (C=O) groups is 1. The molecule has 6 heteroatoms. The van der Waals surface area contributed by atoms with E-state index in [1.165, 1.54) is 23.5 Å². The van der Waals surface area contributed by atoms with E-state index in [9.17, 15) is 9.18 Å². The van der Waals surface area contributed by atoms with Crippen LogP contribution in [0, 0.1) is 18.7 Å². The summed E-state index contributed by atoms with van der Waals surface area (Å²) in [6, 6.07) is 6.25. The number of amides is 1. The number of halogens is 1. The second-order valence-corrected chi connectivity index (χ2v) is 7.54. The Bertz CT molecular complexity index is 728. The van der Waals surface area contributed by atoms with E-state index >= 15 is 0 Å². The minimum absolute atomic E-state index is 0.0503. The maximum atomic E-state index is 13.2. The number of hydrogen-bond acceptors (Lipinski definition) is 4. The second kappa shape index (κ2) is 6.99. The predicted molar refractivity (Wildman–Crippen MR) is 94.5 cm³/mol. The first-order valence-electron chi connectivity index (χ1n) is 8.25. The summed E-state index contributed by atoms with van der Waals surface area (Å²) < 4.78 is 13.2. The van der Waals surface area contributed by atoms with Gasteiger partial charge in [-0.1, -0.05) is 19.1 Å². The van der Waals surface area contributed by atoms with E-state index < -0.39 is 0 Å². The molecule has 0 bridgehead atoms. The molecule has 2 heterocycles. The van der Waals surface area contributed by atoms with E-state index in [1.807, 2.05) is 11.8 Å². The fraction of sp³-hybridized carbons (Fsp3) is 0.444. The van der Waals surface area contributed by atoms with Crippen LogP contribution in [0.3, 0.4) is 0 Å². The third-order valence-corrected chi connectivity index (χ3v) is 5.68. The molecule has 1 aromatic heterocycles. The van der Waals surface area contributed by atoms with Crippen LogP contribution in [0.25, 0.3) is 10.4 Å². The van der Waals surface area contributed by atoms with Gasteiger partial charge in [-0.15, -0.1) is 11.3 Å². The SMILES string of the molecule is Cc1nc(C(=O)N2CCC[C@H](C)[C@H]2CN)c(-c2ccc(F)cc2)s1. The number of nitrogens with two attached hydrogens (primary N) is 1. The summed E-state index contributed by atoms with van der Waals surface area (Å²) in [5.41, 5.74) is 7.19. The highest BCUT2D eigenvalue weighted by atomic mass is 32.1. The molecule has 24 heavy (non-hydrogen) atoms. The summed E-state index contributed by atoms with van der Waals surface area (Å²) in [5.74, 6) is 0.0308. The predicted octanol–water partition coefficient (Wildman–Crippen LogP) is 3.46. The molecule has 1 saturated heterocycles. The lowest BCUT2D eigenvalue weighted by atomic mass is 9.90. The topological polar surface area (TPSA) is 59.2 Å². The number of aryl methyl sites for hydroxylation is 1. The Morgan fingerprint density at radius 3 is 2.79 bits per heavy atom. The Kier molecular flexibility index (Phi) is 4.96. The highest BCUT2D eigenvalue weighted by Gasteiger charge is 2.33. The smallest absolute Gasteiger partial charge is 0.274 e. The van der Waals surface area contributed by atoms with E-state index in [0.717, 1.165) is 28.3 Å². The van der Waals surface area contributed by atoms with Crippen LogP contribution in [0.5, 0.6) is 0 Å². The number of likely N-dealkylation sites (tertiary alicyclic amines) is 1. The number of aromatic nitrogens is 1. The molecular weight excluding hydrogens is 325 g/mol. The fourth-order valence-corrected chi connectivity index (χ4v) is 4.28. The van der Waals surface area contributed by atoms with Gasteiger partial charge in [0.1, 0.15) is 11.5 Å². The maximum absolute atomic E-state index is 13.2. The van der Waals surface area contributed by atoms with E-state index in [-0.39, 0.29) is 17.8 Å². The minimum Gasteiger partial charge on any atom is -0.333 e. The lowest BCUT2D eigenvalue weighted by Crippen LogP contribution is -2.51. The number of piperidine rings is 1. The van der Waals surface area contributed by atoms with Crippen LogP contribution in [-0.4, -0.2) is 34.9 Å². The molecular formula is C18H22FN3OS. The van der Waals surface area contributed by atoms with Crippen LogP contribution in [0.1, 0.15) is 35.3 Å². The van der Waals surface area contributed by atoms with Crippen molar-refractivity contribution in [1.82, 2.24) is 9.88 Å². The van der Waals surface area contributed by atoms with Crippen molar-refractivity contribution in [2.75, 3.05) is 13.1 Å². The molecule has 0 unspecified atom stereocenters. The number of nitrogens with zero attached hydrogens (tertiary/aromatic N) is 2. The van der Waals surface area contributed by atoms with Crippen molar-refractivity contribution < 1.29 is 9.18 Å². The zero-order valence-electron chi connectivity index (χ0n) is 14.0. The molecule has 1 aliphatic heterocycles. The van der Waals surface area contributed by atoms with Crippen LogP contribution >= 0.6 is 11.3 Å². The Hall–Kier alpha value is -1.79. The minimum atomic E-state index is -0.291. The molecule has 4 nitrogen and oxygen atoms in total. The van der Waals surface area contributed by atoms with E-state index in [0.29, 0.717) is 24.7 Å². The second-order valence-electron chi connectivity index (χ2n) is 6.34. The van der Waals surface area contributed by atoms with Crippen molar-refractivity contribution in [2.45, 2.75) is 32.7 Å². The van der Waals surface area contributed by atoms with Gasteiger partial charge in [-0.25, -0.2) is 9.37 Å². The molecule has 2 N–H and O–H groups in total. The summed E-state index contributed by atoms with van der Waals surface area (Å²) in [6.45, 7) is 5.20. The Morgan fingerprint density at radius 2 is 2.12 bits per heavy atom. The molecule has 128 valence electrons. The molecule has 1 fully saturated rings. The van der Waals surface area contributed by atoms with Crippen molar-refractivity contribution in [2.24, 2.45) is 11.7 Å². The first-order valence-corrected chi connectivity index (χ1v) is 9.07. The van der Waals surface area contributed by atoms with Crippen LogP contribution in [-0.2, 0) is 0 Å². The van der Waals surface area contributed by atoms with Gasteiger partial charge in [0, 0.05) is 19.1 Å². The van der Waals surface area contributed by atoms with Gasteiger partial charge in [0.25, 0.3) is 5.91 Å². The molecule has 1 aliphatic rings. The van der Waals surface area contributed by atoms with Crippen molar-refractivity contribution in [3.8, 4) is 10.4 Å². The van der Waals surface area contributed by atoms with Crippen molar-refractivity contribution in [3.63, 3.8) is 0 Å². The van der Waals surface area contributed by atoms with Gasteiger partial charge in [0.15, 0.2) is 0 Å². The third-order valence-electron chi connectivity index (χ3n) is 4.66. The van der Waals surface area contributed by atoms with E-state index in [1.54, 1.807) is 12.1 Å². The molecule has 0 radical (unpaired) electrons. The number of carbonyl (C=O) groups excluding carboxylic acids is 1. The highest BCUT2D eigenvalue weighted by molar-refractivity contribution is 7.15. The molecule has 2 aromatic rings. The number of thiazole rings is 1.